The van der Waals surface area contributed by atoms with Crippen LogP contribution < -0.4 is 5.32 Å². The van der Waals surface area contributed by atoms with Crippen molar-refractivity contribution in [2.24, 2.45) is 5.92 Å². The number of alkyl halides is 1. The van der Waals surface area contributed by atoms with E-state index in [1.165, 1.54) is 0 Å². The van der Waals surface area contributed by atoms with Gasteiger partial charge in [-0.2, -0.15) is 0 Å². The second-order valence-corrected chi connectivity index (χ2v) is 5.23. The van der Waals surface area contributed by atoms with Crippen LogP contribution in [0.25, 0.3) is 0 Å². The normalized spacial score (nSPS) is 23.4. The number of hydrogen-bond donors (Lipinski definition) is 1. The van der Waals surface area contributed by atoms with Crippen LogP contribution in [0.4, 0.5) is 0 Å². The van der Waals surface area contributed by atoms with Crippen LogP contribution >= 0.6 is 15.9 Å². The average molecular weight is 277 g/mol. The summed E-state index contributed by atoms with van der Waals surface area (Å²) in [7, 11) is 1.64. The van der Waals surface area contributed by atoms with E-state index in [0.717, 1.165) is 19.4 Å². The second-order valence-electron chi connectivity index (χ2n) is 3.85. The van der Waals surface area contributed by atoms with Gasteiger partial charge in [0.2, 0.25) is 11.8 Å². The van der Waals surface area contributed by atoms with Gasteiger partial charge >= 0.3 is 0 Å². The predicted octanol–water partition coefficient (Wildman–Crippen LogP) is 0.754. The van der Waals surface area contributed by atoms with Gasteiger partial charge in [0.15, 0.2) is 0 Å². The summed E-state index contributed by atoms with van der Waals surface area (Å²) in [6.45, 7) is 3.13. The third kappa shape index (κ3) is 3.19. The summed E-state index contributed by atoms with van der Waals surface area (Å²) < 4.78 is 0. The van der Waals surface area contributed by atoms with Crippen LogP contribution in [0.15, 0.2) is 0 Å². The van der Waals surface area contributed by atoms with Crippen LogP contribution in [0.5, 0.6) is 0 Å². The Bertz CT molecular complexity index is 256. The van der Waals surface area contributed by atoms with Crippen LogP contribution in [0.3, 0.4) is 0 Å². The Morgan fingerprint density at radius 2 is 2.20 bits per heavy atom. The Balaban J connectivity index is 2.56. The molecule has 2 atom stereocenters. The van der Waals surface area contributed by atoms with Crippen LogP contribution in [0.1, 0.15) is 19.8 Å². The summed E-state index contributed by atoms with van der Waals surface area (Å²) in [5.74, 6) is 0.0669. The smallest absolute Gasteiger partial charge is 0.236 e. The second kappa shape index (κ2) is 5.49. The summed E-state index contributed by atoms with van der Waals surface area (Å²) in [5, 5.41) is 2.63. The van der Waals surface area contributed by atoms with Crippen LogP contribution in [0, 0.1) is 5.92 Å². The molecule has 0 aromatic rings. The van der Waals surface area contributed by atoms with Gasteiger partial charge in [-0.1, -0.05) is 15.9 Å². The number of nitrogens with one attached hydrogen (secondary N) is 1. The van der Waals surface area contributed by atoms with E-state index >= 15 is 0 Å². The highest BCUT2D eigenvalue weighted by Crippen LogP contribution is 2.18. The molecule has 0 saturated carbocycles. The van der Waals surface area contributed by atoms with Gasteiger partial charge in [0.25, 0.3) is 0 Å². The molecular weight excluding hydrogens is 260 g/mol. The molecule has 15 heavy (non-hydrogen) atoms. The number of carbonyl (C=O) groups is 2. The van der Waals surface area contributed by atoms with E-state index < -0.39 is 0 Å². The number of likely N-dealkylation sites (tertiary alicyclic amines) is 1. The summed E-state index contributed by atoms with van der Waals surface area (Å²) in [6, 6.07) is 0. The molecule has 0 spiro atoms. The molecule has 1 fully saturated rings. The van der Waals surface area contributed by atoms with Crippen molar-refractivity contribution < 1.29 is 9.59 Å². The van der Waals surface area contributed by atoms with Crippen LogP contribution in [0.2, 0.25) is 0 Å². The first-order chi connectivity index (χ1) is 7.06. The fourth-order valence-electron chi connectivity index (χ4n) is 1.85. The number of piperidine rings is 1. The monoisotopic (exact) mass is 276 g/mol. The molecule has 0 aromatic heterocycles. The average Bonchev–Trinajstić information content (AvgIpc) is 2.27. The van der Waals surface area contributed by atoms with Crippen molar-refractivity contribution in [3.05, 3.63) is 0 Å². The fourth-order valence-corrected chi connectivity index (χ4v) is 2.14. The minimum absolute atomic E-state index is 0.0368. The summed E-state index contributed by atoms with van der Waals surface area (Å²) in [5.41, 5.74) is 0. The maximum Gasteiger partial charge on any atom is 0.236 e. The Hall–Kier alpha value is -0.580. The Labute approximate surface area is 98.5 Å². The molecule has 1 heterocycles. The first-order valence-corrected chi connectivity index (χ1v) is 6.12. The third-order valence-corrected chi connectivity index (χ3v) is 3.08. The number of nitrogens with zero attached hydrogens (tertiary/aromatic N) is 1. The molecule has 1 aliphatic rings. The molecule has 0 aromatic carbocycles. The highest BCUT2D eigenvalue weighted by Gasteiger charge is 2.28. The van der Waals surface area contributed by atoms with Gasteiger partial charge in [-0.05, 0) is 19.8 Å². The number of halogens is 1. The van der Waals surface area contributed by atoms with Crippen molar-refractivity contribution in [3.8, 4) is 0 Å². The molecule has 0 radical (unpaired) electrons. The zero-order chi connectivity index (χ0) is 11.4. The minimum Gasteiger partial charge on any atom is -0.359 e. The molecule has 2 amide bonds. The molecule has 0 aliphatic carbocycles. The van der Waals surface area contributed by atoms with E-state index in [4.69, 9.17) is 0 Å². The fraction of sp³-hybridized carbons (Fsp3) is 0.800. The number of hydrogen-bond acceptors (Lipinski definition) is 2. The lowest BCUT2D eigenvalue weighted by Gasteiger charge is -2.32. The van der Waals surface area contributed by atoms with Crippen molar-refractivity contribution >= 4 is 27.7 Å². The lowest BCUT2D eigenvalue weighted by atomic mass is 9.97. The van der Waals surface area contributed by atoms with Gasteiger partial charge < -0.3 is 10.2 Å². The number of rotatable bonds is 2. The molecule has 1 aliphatic heterocycles. The lowest BCUT2D eigenvalue weighted by Crippen LogP contribution is -2.46. The largest absolute Gasteiger partial charge is 0.359 e. The van der Waals surface area contributed by atoms with Crippen molar-refractivity contribution in [3.63, 3.8) is 0 Å². The maximum absolute atomic E-state index is 11.7. The molecule has 0 bridgehead atoms. The maximum atomic E-state index is 11.7. The summed E-state index contributed by atoms with van der Waals surface area (Å²) in [4.78, 5) is 24.7. The van der Waals surface area contributed by atoms with Crippen molar-refractivity contribution in [2.45, 2.75) is 24.6 Å². The van der Waals surface area contributed by atoms with E-state index in [1.807, 2.05) is 6.92 Å². The standard InChI is InChI=1S/C10H17BrN2O2/c1-7(11)10(15)13-5-3-4-8(6-13)9(14)12-2/h7-8H,3-6H2,1-2H3,(H,12,14). The zero-order valence-electron chi connectivity index (χ0n) is 9.12. The van der Waals surface area contributed by atoms with Gasteiger partial charge in [0.1, 0.15) is 0 Å². The highest BCUT2D eigenvalue weighted by molar-refractivity contribution is 9.10. The molecular formula is C10H17BrN2O2. The molecule has 1 rings (SSSR count). The Morgan fingerprint density at radius 3 is 2.73 bits per heavy atom. The van der Waals surface area contributed by atoms with E-state index in [1.54, 1.807) is 11.9 Å². The van der Waals surface area contributed by atoms with Crippen LogP contribution in [-0.2, 0) is 9.59 Å². The molecule has 4 nitrogen and oxygen atoms in total. The highest BCUT2D eigenvalue weighted by atomic mass is 79.9. The summed E-state index contributed by atoms with van der Waals surface area (Å²) in [6.07, 6.45) is 1.78. The lowest BCUT2D eigenvalue weighted by molar-refractivity contribution is -0.134. The van der Waals surface area contributed by atoms with Crippen molar-refractivity contribution in [2.75, 3.05) is 20.1 Å². The molecule has 1 saturated heterocycles. The first kappa shape index (κ1) is 12.5. The van der Waals surface area contributed by atoms with Crippen molar-refractivity contribution in [1.82, 2.24) is 10.2 Å². The Morgan fingerprint density at radius 1 is 1.53 bits per heavy atom. The van der Waals surface area contributed by atoms with Crippen LogP contribution in [-0.4, -0.2) is 41.7 Å². The van der Waals surface area contributed by atoms with E-state index in [-0.39, 0.29) is 22.6 Å². The third-order valence-electron chi connectivity index (χ3n) is 2.69. The van der Waals surface area contributed by atoms with E-state index in [0.29, 0.717) is 6.54 Å². The van der Waals surface area contributed by atoms with Crippen molar-refractivity contribution in [1.29, 1.82) is 0 Å². The Kier molecular flexibility index (Phi) is 4.57. The SMILES string of the molecule is CNC(=O)C1CCCN(C(=O)C(C)Br)C1. The van der Waals surface area contributed by atoms with Gasteiger partial charge in [0.05, 0.1) is 10.7 Å². The summed E-state index contributed by atoms with van der Waals surface area (Å²) >= 11 is 3.26. The van der Waals surface area contributed by atoms with Gasteiger partial charge in [0, 0.05) is 20.1 Å². The van der Waals surface area contributed by atoms with Gasteiger partial charge in [-0.25, -0.2) is 0 Å². The molecule has 2 unspecified atom stereocenters. The minimum atomic E-state index is -0.166. The quantitative estimate of drug-likeness (QED) is 0.757. The van der Waals surface area contributed by atoms with E-state index in [9.17, 15) is 9.59 Å². The van der Waals surface area contributed by atoms with E-state index in [2.05, 4.69) is 21.2 Å². The predicted molar refractivity (Wildman–Crippen MR) is 61.8 cm³/mol. The molecule has 1 N–H and O–H groups in total. The molecule has 86 valence electrons. The molecule has 5 heteroatoms. The van der Waals surface area contributed by atoms with Gasteiger partial charge in [-0.15, -0.1) is 0 Å². The van der Waals surface area contributed by atoms with Gasteiger partial charge in [-0.3, -0.25) is 9.59 Å². The topological polar surface area (TPSA) is 49.4 Å². The first-order valence-electron chi connectivity index (χ1n) is 5.20. The number of amides is 2. The zero-order valence-corrected chi connectivity index (χ0v) is 10.7. The number of carbonyl (C=O) groups excluding carboxylic acids is 2.